The number of carbonyl (C=O) groups excluding carboxylic acids is 16. The number of carboxylic acid groups (broad SMARTS) is 4. The molecule has 43 nitrogen and oxygen atoms in total. The van der Waals surface area contributed by atoms with Crippen molar-refractivity contribution in [1.29, 1.82) is 0 Å². The number of nitrogens with one attached hydrogen (secondary N) is 14. The summed E-state index contributed by atoms with van der Waals surface area (Å²) in [5, 5.41) is 78.7. The molecule has 3 aromatic rings. The molecule has 1 aliphatic rings. The Morgan fingerprint density at radius 1 is 0.538 bits per heavy atom. The van der Waals surface area contributed by atoms with Gasteiger partial charge in [-0.25, -0.2) is 4.79 Å². The number of nitrogen functional groups attached to an aromatic ring is 1. The predicted octanol–water partition coefficient (Wildman–Crippen LogP) is -4.99. The molecule has 1 fully saturated rings. The fraction of sp³-hybridized carbons (Fsp3) is 0.541. The van der Waals surface area contributed by atoms with E-state index in [0.717, 1.165) is 52.9 Å². The van der Waals surface area contributed by atoms with Crippen molar-refractivity contribution in [2.75, 3.05) is 32.0 Å². The Kier molecular flexibility index (Phi) is 40.1. The molecular formula is C74H105N17O26. The number of aliphatic hydroxyl groups excluding tert-OH is 1. The second kappa shape index (κ2) is 48.5. The average molecular weight is 1650 g/mol. The monoisotopic (exact) mass is 1650 g/mol. The lowest BCUT2D eigenvalue weighted by molar-refractivity contribution is -0.156. The zero-order chi connectivity index (χ0) is 87.3. The highest BCUT2D eigenvalue weighted by atomic mass is 16.5. The van der Waals surface area contributed by atoms with Gasteiger partial charge < -0.3 is 122 Å². The summed E-state index contributed by atoms with van der Waals surface area (Å²) in [6.45, 7) is 3.31. The highest BCUT2D eigenvalue weighted by molar-refractivity contribution is 6.05. The molecule has 2 heterocycles. The van der Waals surface area contributed by atoms with Crippen molar-refractivity contribution in [3.8, 4) is 0 Å². The number of amides is 14. The van der Waals surface area contributed by atoms with Gasteiger partial charge in [-0.2, -0.15) is 0 Å². The lowest BCUT2D eigenvalue weighted by atomic mass is 9.96. The smallest absolute Gasteiger partial charge is 0.329 e. The van der Waals surface area contributed by atoms with E-state index in [9.17, 15) is 121 Å². The minimum Gasteiger partial charge on any atom is -0.481 e. The number of aromatic nitrogens is 1. The van der Waals surface area contributed by atoms with Gasteiger partial charge in [-0.3, -0.25) is 91.1 Å². The summed E-state index contributed by atoms with van der Waals surface area (Å²) >= 11 is 0. The molecular weight excluding hydrogens is 1540 g/mol. The Morgan fingerprint density at radius 2 is 1.08 bits per heavy atom. The van der Waals surface area contributed by atoms with E-state index < -0.39 is 261 Å². The van der Waals surface area contributed by atoms with Crippen molar-refractivity contribution >= 4 is 135 Å². The van der Waals surface area contributed by atoms with Crippen LogP contribution in [0.3, 0.4) is 0 Å². The molecule has 0 saturated carbocycles. The number of para-hydroxylation sites is 2. The Labute approximate surface area is 670 Å². The van der Waals surface area contributed by atoms with Gasteiger partial charge in [0.25, 0.3) is 0 Å². The van der Waals surface area contributed by atoms with Gasteiger partial charge >= 0.3 is 29.8 Å². The van der Waals surface area contributed by atoms with Gasteiger partial charge in [0.1, 0.15) is 72.6 Å². The number of ether oxygens (including phenoxy) is 1. The SMILES string of the molecule is CC(C)CCCCCCCCC(=O)N[C@@H](Cc1c[nH]c2ccccc12)C(=O)N[C@H](CC(N)=O)C(=O)N[C@@H](CC(=O)O)C(=O)NC1C(=O)NCC(=O)N[C@@H](CCCN)C(=O)NC(CC(=O)O)C(=O)N[C@H](C)C(=O)N[C@@H](CC(=O)O)C(=O)NCC(=O)N[C@H](CO)C(=O)NC([C@H](C)CC(=O)O)C(=O)N[C@@H](CC(=O)c2ccccc2N)C(=O)OC1C. The van der Waals surface area contributed by atoms with Gasteiger partial charge in [-0.15, -0.1) is 0 Å². The first-order valence-corrected chi connectivity index (χ1v) is 37.7. The fourth-order valence-electron chi connectivity index (χ4n) is 12.0. The number of aliphatic hydroxyl groups is 1. The first-order chi connectivity index (χ1) is 55.2. The van der Waals surface area contributed by atoms with Crippen LogP contribution in [0.1, 0.15) is 153 Å². The summed E-state index contributed by atoms with van der Waals surface area (Å²) in [5.74, 6) is -29.2. The summed E-state index contributed by atoms with van der Waals surface area (Å²) in [6, 6.07) is -10.5. The van der Waals surface area contributed by atoms with Crippen molar-refractivity contribution < 1.29 is 126 Å². The first kappa shape index (κ1) is 96.7. The van der Waals surface area contributed by atoms with E-state index in [4.69, 9.17) is 21.9 Å². The Hall–Kier alpha value is -12.7. The van der Waals surface area contributed by atoms with Gasteiger partial charge in [-0.1, -0.05) is 89.6 Å². The Morgan fingerprint density at radius 3 is 1.68 bits per heavy atom. The first-order valence-electron chi connectivity index (χ1n) is 37.7. The number of nitrogens with two attached hydrogens (primary N) is 3. The number of unbranched alkanes of at least 4 members (excludes halogenated alkanes) is 5. The van der Waals surface area contributed by atoms with Crippen LogP contribution in [0.2, 0.25) is 0 Å². The number of aromatic amines is 1. The highest BCUT2D eigenvalue weighted by Gasteiger charge is 2.41. The highest BCUT2D eigenvalue weighted by Crippen LogP contribution is 2.22. The number of hydrogen-bond acceptors (Lipinski definition) is 24. The molecule has 1 aliphatic heterocycles. The van der Waals surface area contributed by atoms with Crippen LogP contribution in [0, 0.1) is 11.8 Å². The number of hydrogen-bond donors (Lipinski definition) is 22. The van der Waals surface area contributed by atoms with Gasteiger partial charge in [0, 0.05) is 47.6 Å². The van der Waals surface area contributed by atoms with E-state index in [1.54, 1.807) is 30.5 Å². The van der Waals surface area contributed by atoms with E-state index in [1.165, 1.54) is 24.3 Å². The predicted molar refractivity (Wildman–Crippen MR) is 409 cm³/mol. The Balaban J connectivity index is 1.86. The molecule has 25 N–H and O–H groups in total. The van der Waals surface area contributed by atoms with Crippen LogP contribution in [0.15, 0.2) is 54.7 Å². The number of primary amides is 1. The van der Waals surface area contributed by atoms with Crippen molar-refractivity contribution in [2.45, 2.75) is 216 Å². The molecule has 0 radical (unpaired) electrons. The number of fused-ring (bicyclic) bond motifs is 1. The van der Waals surface area contributed by atoms with Crippen LogP contribution in [0.25, 0.3) is 10.9 Å². The zero-order valence-corrected chi connectivity index (χ0v) is 65.2. The number of carbonyl (C=O) groups is 20. The number of anilines is 1. The van der Waals surface area contributed by atoms with Crippen LogP contribution in [-0.4, -0.2) is 248 Å². The number of ketones is 1. The average Bonchev–Trinajstić information content (AvgIpc) is 1.69. The van der Waals surface area contributed by atoms with Gasteiger partial charge in [0.05, 0.1) is 51.8 Å². The summed E-state index contributed by atoms with van der Waals surface area (Å²) in [6.07, 6.45) is -2.27. The quantitative estimate of drug-likeness (QED) is 0.0112. The van der Waals surface area contributed by atoms with E-state index >= 15 is 0 Å². The largest absolute Gasteiger partial charge is 0.481 e. The minimum atomic E-state index is -2.45. The number of rotatable bonds is 36. The molecule has 1 aromatic heterocycles. The summed E-state index contributed by atoms with van der Waals surface area (Å²) in [4.78, 5) is 276. The molecule has 14 amide bonds. The number of aliphatic carboxylic acids is 4. The molecule has 43 heteroatoms. The maximum atomic E-state index is 14.9. The van der Waals surface area contributed by atoms with Gasteiger partial charge in [0.15, 0.2) is 5.78 Å². The van der Waals surface area contributed by atoms with E-state index in [0.29, 0.717) is 35.2 Å². The molecule has 0 aliphatic carbocycles. The molecule has 13 atom stereocenters. The van der Waals surface area contributed by atoms with Crippen LogP contribution >= 0.6 is 0 Å². The van der Waals surface area contributed by atoms with Crippen LogP contribution in [-0.2, 0) is 102 Å². The van der Waals surface area contributed by atoms with Gasteiger partial charge in [0.2, 0.25) is 82.7 Å². The second-order valence-electron chi connectivity index (χ2n) is 28.4. The normalized spacial score (nSPS) is 21.1. The summed E-state index contributed by atoms with van der Waals surface area (Å²) < 4.78 is 5.69. The number of cyclic esters (lactones) is 1. The number of esters is 1. The van der Waals surface area contributed by atoms with Crippen molar-refractivity contribution in [1.82, 2.24) is 74.1 Å². The van der Waals surface area contributed by atoms with Crippen molar-refractivity contribution in [2.24, 2.45) is 23.3 Å². The number of benzene rings is 2. The number of carboxylic acids is 4. The lowest BCUT2D eigenvalue weighted by Gasteiger charge is -2.30. The van der Waals surface area contributed by atoms with Crippen molar-refractivity contribution in [3.05, 3.63) is 65.9 Å². The minimum absolute atomic E-state index is 0.0204. The molecule has 0 bridgehead atoms. The third-order valence-electron chi connectivity index (χ3n) is 18.3. The molecule has 2 aromatic carbocycles. The lowest BCUT2D eigenvalue weighted by Crippen LogP contribution is -2.62. The molecule has 1 saturated heterocycles. The van der Waals surface area contributed by atoms with Crippen molar-refractivity contribution in [3.63, 3.8) is 0 Å². The standard InChI is InChI=1S/C74H105N17O26/c1-36(2)17-10-8-6-7-9-11-23-55(95)83-46(26-40-32-78-44-21-15-13-18-41(40)44)68(110)86-47(28-54(77)94)69(111)88-50(31-61(104)105)70(112)91-63-39(5)117-74(116)51(27-53(93)42-19-12-14-20-43(42)76)89-73(115)62(37(3)25-58(98)99)90-71(113)52(35-92)84-57(97)33-79-65(107)48(29-59(100)101)85-64(106)38(4)81-67(109)49(30-60(102)103)87-66(108)45(22-16-24-75)82-56(96)34-80-72(63)114/h12-15,18-21,32,36-39,45-52,62-63,78,92H,6-11,16-17,22-31,33-35,75-76H2,1-5H3,(H2,77,94)(H,79,107)(H,80,114)(H,81,109)(H,82,96)(H,83,95)(H,84,97)(H,85,106)(H,86,110)(H,87,108)(H,88,111)(H,89,115)(H,90,113)(H,91,112)(H,98,99)(H,100,101)(H,102,103)(H,104,105)/t37-,38-,39?,45+,46+,47-,48+,49?,50+,51+,52-,62?,63?/m1/s1. The molecule has 0 spiro atoms. The molecule has 642 valence electrons. The topological polar surface area (TPSA) is 702 Å². The third kappa shape index (κ3) is 33.7. The molecule has 4 unspecified atom stereocenters. The van der Waals surface area contributed by atoms with E-state index in [2.05, 4.69) is 72.0 Å². The van der Waals surface area contributed by atoms with Gasteiger partial charge in [-0.05, 0) is 75.3 Å². The molecule has 117 heavy (non-hydrogen) atoms. The summed E-state index contributed by atoms with van der Waals surface area (Å²) in [7, 11) is 0. The zero-order valence-electron chi connectivity index (χ0n) is 65.2. The van der Waals surface area contributed by atoms with E-state index in [-0.39, 0.29) is 37.1 Å². The fourth-order valence-corrected chi connectivity index (χ4v) is 12.0. The maximum Gasteiger partial charge on any atom is 0.329 e. The van der Waals surface area contributed by atoms with Crippen LogP contribution in [0.5, 0.6) is 0 Å². The number of H-pyrrole nitrogens is 1. The second-order valence-corrected chi connectivity index (χ2v) is 28.4. The third-order valence-corrected chi connectivity index (χ3v) is 18.3. The molecule has 4 rings (SSSR count). The van der Waals surface area contributed by atoms with Crippen LogP contribution in [0.4, 0.5) is 5.69 Å². The van der Waals surface area contributed by atoms with Crippen LogP contribution < -0.4 is 86.3 Å². The maximum absolute atomic E-state index is 14.9. The Bertz CT molecular complexity index is 4100. The number of Topliss-reactive ketones (excluding diaryl/α,β-unsaturated/α-hetero) is 1. The summed E-state index contributed by atoms with van der Waals surface area (Å²) in [5.41, 5.74) is 18.1. The van der Waals surface area contributed by atoms with E-state index in [1.807, 2.05) is 16.0 Å².